The van der Waals surface area contributed by atoms with E-state index in [1.54, 1.807) is 24.3 Å². The summed E-state index contributed by atoms with van der Waals surface area (Å²) in [6, 6.07) is 12.4. The van der Waals surface area contributed by atoms with Crippen LogP contribution in [0.25, 0.3) is 10.9 Å². The first-order chi connectivity index (χ1) is 15.6. The van der Waals surface area contributed by atoms with Crippen molar-refractivity contribution < 1.29 is 28.2 Å². The number of hydrogen-bond acceptors (Lipinski definition) is 6. The standard InChI is InChI=1S/C23H29N3O6S/c1-15-19-7-6-18(13-21(19)25-20(15)8-9-23(28)29)32-11-10-24-14-22(27)16-4-3-5-17(12-16)26-33(2,30)31/h3-7,12-13,22,24-27H,8-11,14H2,1-2H3,(H,28,29). The van der Waals surface area contributed by atoms with E-state index in [1.165, 1.54) is 0 Å². The van der Waals surface area contributed by atoms with E-state index in [2.05, 4.69) is 15.0 Å². The van der Waals surface area contributed by atoms with Gasteiger partial charge >= 0.3 is 5.97 Å². The Labute approximate surface area is 192 Å². The van der Waals surface area contributed by atoms with E-state index < -0.39 is 22.1 Å². The van der Waals surface area contributed by atoms with Crippen LogP contribution in [0.5, 0.6) is 5.75 Å². The number of H-pyrrole nitrogens is 1. The zero-order valence-electron chi connectivity index (χ0n) is 18.6. The highest BCUT2D eigenvalue weighted by Gasteiger charge is 2.11. The number of nitrogens with one attached hydrogen (secondary N) is 3. The van der Waals surface area contributed by atoms with Gasteiger partial charge in [0, 0.05) is 41.4 Å². The molecule has 3 rings (SSSR count). The number of anilines is 1. The van der Waals surface area contributed by atoms with Gasteiger partial charge in [0.1, 0.15) is 12.4 Å². The smallest absolute Gasteiger partial charge is 0.303 e. The van der Waals surface area contributed by atoms with E-state index in [-0.39, 0.29) is 13.0 Å². The van der Waals surface area contributed by atoms with Crippen LogP contribution in [-0.2, 0) is 21.2 Å². The molecular weight excluding hydrogens is 446 g/mol. The average Bonchev–Trinajstić information content (AvgIpc) is 3.05. The Morgan fingerprint density at radius 1 is 1.21 bits per heavy atom. The fourth-order valence-electron chi connectivity index (χ4n) is 3.57. The molecule has 2 aromatic carbocycles. The molecule has 1 heterocycles. The van der Waals surface area contributed by atoms with Gasteiger partial charge in [0.05, 0.1) is 18.8 Å². The first-order valence-corrected chi connectivity index (χ1v) is 12.4. The molecule has 0 saturated carbocycles. The number of aryl methyl sites for hydroxylation is 2. The Kier molecular flexibility index (Phi) is 7.96. The fourth-order valence-corrected chi connectivity index (χ4v) is 4.12. The number of carboxylic acids is 1. The zero-order chi connectivity index (χ0) is 24.0. The molecule has 0 spiro atoms. The average molecular weight is 476 g/mol. The number of ether oxygens (including phenoxy) is 1. The number of aliphatic hydroxyl groups excluding tert-OH is 1. The van der Waals surface area contributed by atoms with Gasteiger partial charge in [0.2, 0.25) is 10.0 Å². The van der Waals surface area contributed by atoms with Gasteiger partial charge in [-0.15, -0.1) is 0 Å². The molecule has 33 heavy (non-hydrogen) atoms. The van der Waals surface area contributed by atoms with Crippen LogP contribution >= 0.6 is 0 Å². The summed E-state index contributed by atoms with van der Waals surface area (Å²) in [7, 11) is -3.38. The number of aromatic amines is 1. The molecule has 0 radical (unpaired) electrons. The highest BCUT2D eigenvalue weighted by Crippen LogP contribution is 2.26. The van der Waals surface area contributed by atoms with Gasteiger partial charge in [-0.2, -0.15) is 0 Å². The Balaban J connectivity index is 1.48. The van der Waals surface area contributed by atoms with Gasteiger partial charge < -0.3 is 25.3 Å². The lowest BCUT2D eigenvalue weighted by Crippen LogP contribution is -2.26. The molecule has 5 N–H and O–H groups in total. The first kappa shape index (κ1) is 24.6. The van der Waals surface area contributed by atoms with Crippen molar-refractivity contribution in [3.05, 3.63) is 59.3 Å². The highest BCUT2D eigenvalue weighted by atomic mass is 32.2. The molecule has 1 unspecified atom stereocenters. The molecule has 0 aliphatic carbocycles. The van der Waals surface area contributed by atoms with Crippen molar-refractivity contribution >= 4 is 32.6 Å². The topological polar surface area (TPSA) is 141 Å². The van der Waals surface area contributed by atoms with Crippen LogP contribution in [0.4, 0.5) is 5.69 Å². The van der Waals surface area contributed by atoms with Crippen molar-refractivity contribution in [2.24, 2.45) is 0 Å². The summed E-state index contributed by atoms with van der Waals surface area (Å²) in [5.41, 5.74) is 3.86. The summed E-state index contributed by atoms with van der Waals surface area (Å²) >= 11 is 0. The van der Waals surface area contributed by atoms with E-state index in [0.717, 1.165) is 28.4 Å². The molecule has 178 valence electrons. The summed E-state index contributed by atoms with van der Waals surface area (Å²) in [4.78, 5) is 14.1. The minimum absolute atomic E-state index is 0.0764. The maximum absolute atomic E-state index is 11.4. The molecule has 1 atom stereocenters. The summed E-state index contributed by atoms with van der Waals surface area (Å²) < 4.78 is 30.9. The Morgan fingerprint density at radius 3 is 2.73 bits per heavy atom. The van der Waals surface area contributed by atoms with Gasteiger partial charge in [-0.3, -0.25) is 9.52 Å². The largest absolute Gasteiger partial charge is 0.492 e. The van der Waals surface area contributed by atoms with Gasteiger partial charge in [-0.05, 0) is 48.7 Å². The van der Waals surface area contributed by atoms with Crippen LogP contribution in [0.1, 0.15) is 29.3 Å². The number of aromatic nitrogens is 1. The lowest BCUT2D eigenvalue weighted by atomic mass is 10.1. The van der Waals surface area contributed by atoms with E-state index in [1.807, 2.05) is 25.1 Å². The van der Waals surface area contributed by atoms with Crippen molar-refractivity contribution in [2.75, 3.05) is 30.7 Å². The van der Waals surface area contributed by atoms with E-state index in [9.17, 15) is 18.3 Å². The maximum atomic E-state index is 11.4. The number of aliphatic hydroxyl groups is 1. The molecule has 10 heteroatoms. The fraction of sp³-hybridized carbons (Fsp3) is 0.348. The van der Waals surface area contributed by atoms with Crippen molar-refractivity contribution in [1.29, 1.82) is 0 Å². The summed E-state index contributed by atoms with van der Waals surface area (Å²) in [6.45, 7) is 3.15. The summed E-state index contributed by atoms with van der Waals surface area (Å²) in [6.07, 6.45) is 0.803. The number of carboxylic acid groups (broad SMARTS) is 1. The van der Waals surface area contributed by atoms with E-state index in [4.69, 9.17) is 9.84 Å². The third-order valence-corrected chi connectivity index (χ3v) is 5.79. The highest BCUT2D eigenvalue weighted by molar-refractivity contribution is 7.92. The normalized spacial score (nSPS) is 12.6. The maximum Gasteiger partial charge on any atom is 0.303 e. The number of carbonyl (C=O) groups is 1. The molecule has 0 saturated heterocycles. The predicted octanol–water partition coefficient (Wildman–Crippen LogP) is 2.57. The van der Waals surface area contributed by atoms with Gasteiger partial charge in [0.15, 0.2) is 0 Å². The third kappa shape index (κ3) is 7.21. The summed E-state index contributed by atoms with van der Waals surface area (Å²) in [5, 5.41) is 23.4. The van der Waals surface area contributed by atoms with Crippen LogP contribution in [0.2, 0.25) is 0 Å². The second-order valence-corrected chi connectivity index (χ2v) is 9.65. The third-order valence-electron chi connectivity index (χ3n) is 5.18. The molecule has 1 aromatic heterocycles. The van der Waals surface area contributed by atoms with Crippen LogP contribution < -0.4 is 14.8 Å². The minimum atomic E-state index is -3.38. The second kappa shape index (κ2) is 10.7. The van der Waals surface area contributed by atoms with Crippen LogP contribution in [0, 0.1) is 6.92 Å². The molecule has 0 bridgehead atoms. The Bertz CT molecular complexity index is 1220. The molecular formula is C23H29N3O6S. The molecule has 0 fully saturated rings. The second-order valence-electron chi connectivity index (χ2n) is 7.90. The predicted molar refractivity (Wildman–Crippen MR) is 127 cm³/mol. The van der Waals surface area contributed by atoms with Crippen molar-refractivity contribution in [2.45, 2.75) is 25.9 Å². The van der Waals surface area contributed by atoms with Gasteiger partial charge in [0.25, 0.3) is 0 Å². The minimum Gasteiger partial charge on any atom is -0.492 e. The van der Waals surface area contributed by atoms with E-state index >= 15 is 0 Å². The van der Waals surface area contributed by atoms with Crippen LogP contribution in [0.3, 0.4) is 0 Å². The van der Waals surface area contributed by atoms with Crippen LogP contribution in [-0.4, -0.2) is 55.5 Å². The lowest BCUT2D eigenvalue weighted by Gasteiger charge is -2.14. The SMILES string of the molecule is Cc1c(CCC(=O)O)[nH]c2cc(OCCNCC(O)c3cccc(NS(C)(=O)=O)c3)ccc12. The number of hydrogen-bond donors (Lipinski definition) is 5. The quantitative estimate of drug-likeness (QED) is 0.254. The molecule has 0 aliphatic rings. The Hall–Kier alpha value is -3.08. The lowest BCUT2D eigenvalue weighted by molar-refractivity contribution is -0.136. The summed E-state index contributed by atoms with van der Waals surface area (Å²) in [5.74, 6) is -0.136. The molecule has 9 nitrogen and oxygen atoms in total. The van der Waals surface area contributed by atoms with Crippen molar-refractivity contribution in [3.8, 4) is 5.75 Å². The molecule has 0 amide bonds. The van der Waals surface area contributed by atoms with Gasteiger partial charge in [-0.25, -0.2) is 8.42 Å². The Morgan fingerprint density at radius 2 is 2.00 bits per heavy atom. The zero-order valence-corrected chi connectivity index (χ0v) is 19.4. The van der Waals surface area contributed by atoms with Gasteiger partial charge in [-0.1, -0.05) is 12.1 Å². The number of fused-ring (bicyclic) bond motifs is 1. The molecule has 0 aliphatic heterocycles. The number of rotatable bonds is 12. The van der Waals surface area contributed by atoms with Crippen molar-refractivity contribution in [1.82, 2.24) is 10.3 Å². The number of aliphatic carboxylic acids is 1. The number of benzene rings is 2. The van der Waals surface area contributed by atoms with Crippen LogP contribution in [0.15, 0.2) is 42.5 Å². The molecule has 3 aromatic rings. The monoisotopic (exact) mass is 475 g/mol. The number of sulfonamides is 1. The van der Waals surface area contributed by atoms with Crippen molar-refractivity contribution in [3.63, 3.8) is 0 Å². The van der Waals surface area contributed by atoms with E-state index in [0.29, 0.717) is 36.6 Å². The first-order valence-electron chi connectivity index (χ1n) is 10.5.